The summed E-state index contributed by atoms with van der Waals surface area (Å²) in [7, 11) is 3.04. The van der Waals surface area contributed by atoms with Crippen LogP contribution in [-0.2, 0) is 13.6 Å². The third-order valence-electron chi connectivity index (χ3n) is 1.15. The molecule has 0 radical (unpaired) electrons. The third kappa shape index (κ3) is 7.53. The molecule has 0 amide bonds. The van der Waals surface area contributed by atoms with Crippen LogP contribution >= 0.6 is 26.7 Å². The van der Waals surface area contributed by atoms with E-state index in [0.29, 0.717) is 6.61 Å². The van der Waals surface area contributed by atoms with Gasteiger partial charge in [0.05, 0.1) is 0 Å². The molecule has 0 fully saturated rings. The highest BCUT2D eigenvalue weighted by Gasteiger charge is 2.23. The van der Waals surface area contributed by atoms with E-state index in [1.54, 1.807) is 0 Å². The summed E-state index contributed by atoms with van der Waals surface area (Å²) in [6, 6.07) is 0. The summed E-state index contributed by atoms with van der Waals surface area (Å²) in [5, 5.41) is 0. The van der Waals surface area contributed by atoms with Crippen LogP contribution in [0.1, 0.15) is 19.8 Å². The average molecular weight is 229 g/mol. The van der Waals surface area contributed by atoms with Gasteiger partial charge in [0.25, 0.3) is 0 Å². The van der Waals surface area contributed by atoms with Crippen molar-refractivity contribution < 1.29 is 13.6 Å². The first-order valence-corrected chi connectivity index (χ1v) is 6.51. The van der Waals surface area contributed by atoms with Crippen molar-refractivity contribution >= 4 is 26.7 Å². The molecule has 4 atom stereocenters. The van der Waals surface area contributed by atoms with Crippen LogP contribution in [0.4, 0.5) is 0 Å². The lowest BCUT2D eigenvalue weighted by Gasteiger charge is -1.96. The monoisotopic (exact) mass is 229 g/mol. The zero-order chi connectivity index (χ0) is 9.40. The molecule has 0 aliphatic rings. The van der Waals surface area contributed by atoms with Crippen LogP contribution < -0.4 is 0 Å². The number of hydrogen-bond acceptors (Lipinski definition) is 3. The SMILES string of the molecule is CCCCO[P+](=O)OC(P)CP. The first-order chi connectivity index (χ1) is 5.70. The van der Waals surface area contributed by atoms with E-state index in [9.17, 15) is 4.57 Å². The number of rotatable bonds is 7. The Hall–Kier alpha value is 0.880. The molecule has 0 bridgehead atoms. The highest BCUT2D eigenvalue weighted by molar-refractivity contribution is 7.34. The van der Waals surface area contributed by atoms with Crippen molar-refractivity contribution in [3.05, 3.63) is 0 Å². The smallest absolute Gasteiger partial charge is 0.134 e. The van der Waals surface area contributed by atoms with E-state index in [1.165, 1.54) is 0 Å². The van der Waals surface area contributed by atoms with Crippen LogP contribution in [0.5, 0.6) is 0 Å². The van der Waals surface area contributed by atoms with Gasteiger partial charge in [-0.1, -0.05) is 13.3 Å². The molecule has 3 nitrogen and oxygen atoms in total. The molecule has 0 aromatic carbocycles. The maximum absolute atomic E-state index is 11.0. The fourth-order valence-electron chi connectivity index (χ4n) is 0.467. The zero-order valence-electron chi connectivity index (χ0n) is 7.23. The summed E-state index contributed by atoms with van der Waals surface area (Å²) in [6.07, 6.45) is 2.70. The minimum Gasteiger partial charge on any atom is -0.134 e. The van der Waals surface area contributed by atoms with Crippen molar-refractivity contribution in [2.45, 2.75) is 25.6 Å². The van der Waals surface area contributed by atoms with E-state index in [4.69, 9.17) is 9.05 Å². The summed E-state index contributed by atoms with van der Waals surface area (Å²) in [5.74, 6) is -0.0970. The van der Waals surface area contributed by atoms with Gasteiger partial charge < -0.3 is 0 Å². The standard InChI is InChI=1S/C6H16O3P3/c1-2-3-4-8-12(7)9-6(11)5-10/h6H,2-5,10-11H2,1H3/q+1. The lowest BCUT2D eigenvalue weighted by molar-refractivity contribution is 0.219. The van der Waals surface area contributed by atoms with Gasteiger partial charge in [0.15, 0.2) is 0 Å². The average Bonchev–Trinajstić information content (AvgIpc) is 2.05. The Morgan fingerprint density at radius 2 is 2.25 bits per heavy atom. The van der Waals surface area contributed by atoms with Crippen molar-refractivity contribution in [1.82, 2.24) is 0 Å². The van der Waals surface area contributed by atoms with Crippen molar-refractivity contribution in [3.63, 3.8) is 0 Å². The summed E-state index contributed by atoms with van der Waals surface area (Å²) >= 11 is 0. The Bertz CT molecular complexity index is 131. The van der Waals surface area contributed by atoms with Gasteiger partial charge in [0, 0.05) is 4.57 Å². The van der Waals surface area contributed by atoms with Crippen LogP contribution in [0, 0.1) is 0 Å². The predicted octanol–water partition coefficient (Wildman–Crippen LogP) is 2.55. The second-order valence-corrected chi connectivity index (χ2v) is 4.42. The first kappa shape index (κ1) is 12.9. The van der Waals surface area contributed by atoms with Crippen LogP contribution in [0.25, 0.3) is 0 Å². The number of hydrogen-bond donors (Lipinski definition) is 0. The van der Waals surface area contributed by atoms with Crippen molar-refractivity contribution in [1.29, 1.82) is 0 Å². The largest absolute Gasteiger partial charge is 0.698 e. The molecule has 72 valence electrons. The Kier molecular flexibility index (Phi) is 9.10. The minimum absolute atomic E-state index is 0.0970. The molecule has 4 unspecified atom stereocenters. The van der Waals surface area contributed by atoms with Crippen LogP contribution in [-0.4, -0.2) is 18.6 Å². The van der Waals surface area contributed by atoms with E-state index in [2.05, 4.69) is 25.4 Å². The van der Waals surface area contributed by atoms with Gasteiger partial charge >= 0.3 is 8.25 Å². The molecule has 12 heavy (non-hydrogen) atoms. The van der Waals surface area contributed by atoms with Gasteiger partial charge in [-0.15, -0.1) is 27.5 Å². The second-order valence-electron chi connectivity index (χ2n) is 2.29. The van der Waals surface area contributed by atoms with Gasteiger partial charge in [-0.25, -0.2) is 0 Å². The molecular formula is C6H16O3P3+. The van der Waals surface area contributed by atoms with E-state index in [0.717, 1.165) is 19.0 Å². The van der Waals surface area contributed by atoms with E-state index < -0.39 is 8.25 Å². The van der Waals surface area contributed by atoms with Gasteiger partial charge in [-0.3, -0.25) is 0 Å². The van der Waals surface area contributed by atoms with Gasteiger partial charge in [-0.2, -0.15) is 0 Å². The lowest BCUT2D eigenvalue weighted by atomic mass is 10.4. The molecule has 0 aliphatic carbocycles. The van der Waals surface area contributed by atoms with Crippen LogP contribution in [0.15, 0.2) is 0 Å². The lowest BCUT2D eigenvalue weighted by Crippen LogP contribution is -2.00. The topological polar surface area (TPSA) is 35.5 Å². The molecule has 0 aromatic rings. The minimum atomic E-state index is -1.92. The first-order valence-electron chi connectivity index (χ1n) is 3.93. The van der Waals surface area contributed by atoms with Crippen molar-refractivity contribution in [3.8, 4) is 0 Å². The molecule has 6 heteroatoms. The molecule has 0 heterocycles. The summed E-state index contributed by atoms with van der Waals surface area (Å²) in [5.41, 5.74) is 0. The molecule has 0 N–H and O–H groups in total. The molecular weight excluding hydrogens is 213 g/mol. The molecule has 0 aliphatic heterocycles. The van der Waals surface area contributed by atoms with E-state index >= 15 is 0 Å². The summed E-state index contributed by atoms with van der Waals surface area (Å²) < 4.78 is 20.9. The van der Waals surface area contributed by atoms with Crippen LogP contribution in [0.2, 0.25) is 0 Å². The van der Waals surface area contributed by atoms with Crippen LogP contribution in [0.3, 0.4) is 0 Å². The fourth-order valence-corrected chi connectivity index (χ4v) is 1.67. The molecule has 0 aromatic heterocycles. The fraction of sp³-hybridized carbons (Fsp3) is 1.00. The quantitative estimate of drug-likeness (QED) is 0.497. The molecule has 0 saturated heterocycles. The molecule has 0 rings (SSSR count). The molecule has 0 saturated carbocycles. The highest BCUT2D eigenvalue weighted by atomic mass is 31.1. The summed E-state index contributed by atoms with van der Waals surface area (Å²) in [4.78, 5) is 0. The zero-order valence-corrected chi connectivity index (χ0v) is 10.4. The van der Waals surface area contributed by atoms with Gasteiger partial charge in [0.2, 0.25) is 0 Å². The number of unbranched alkanes of at least 4 members (excludes halogenated alkanes) is 1. The van der Waals surface area contributed by atoms with E-state index in [-0.39, 0.29) is 5.85 Å². The Labute approximate surface area is 79.3 Å². The second kappa shape index (κ2) is 8.48. The van der Waals surface area contributed by atoms with Gasteiger partial charge in [0.1, 0.15) is 12.5 Å². The van der Waals surface area contributed by atoms with E-state index in [1.807, 2.05) is 0 Å². The maximum Gasteiger partial charge on any atom is 0.698 e. The third-order valence-corrected chi connectivity index (χ3v) is 3.63. The van der Waals surface area contributed by atoms with Gasteiger partial charge in [-0.05, 0) is 12.6 Å². The highest BCUT2D eigenvalue weighted by Crippen LogP contribution is 2.29. The normalized spacial score (nSPS) is 14.4. The Morgan fingerprint density at radius 3 is 2.75 bits per heavy atom. The van der Waals surface area contributed by atoms with Crippen molar-refractivity contribution in [2.75, 3.05) is 12.8 Å². The molecule has 0 spiro atoms. The predicted molar refractivity (Wildman–Crippen MR) is 57.6 cm³/mol. The Balaban J connectivity index is 3.33. The van der Waals surface area contributed by atoms with Crippen molar-refractivity contribution in [2.24, 2.45) is 0 Å². The summed E-state index contributed by atoms with van der Waals surface area (Å²) in [6.45, 7) is 2.57. The Morgan fingerprint density at radius 1 is 1.58 bits per heavy atom. The maximum atomic E-state index is 11.0.